The van der Waals surface area contributed by atoms with Crippen molar-refractivity contribution in [1.29, 1.82) is 0 Å². The van der Waals surface area contributed by atoms with Crippen molar-refractivity contribution in [1.82, 2.24) is 10.2 Å². The summed E-state index contributed by atoms with van der Waals surface area (Å²) in [6.07, 6.45) is 0. The molecule has 1 saturated heterocycles. The number of nitrogens with zero attached hydrogens (tertiary/aromatic N) is 1. The van der Waals surface area contributed by atoms with Crippen LogP contribution in [0.4, 0.5) is 0 Å². The minimum absolute atomic E-state index is 0.0519. The van der Waals surface area contributed by atoms with Crippen molar-refractivity contribution in [3.05, 3.63) is 34.3 Å². The van der Waals surface area contributed by atoms with Crippen LogP contribution in [0, 0.1) is 0 Å². The Morgan fingerprint density at radius 3 is 2.76 bits per heavy atom. The molecule has 1 fully saturated rings. The Hall–Kier alpha value is -0.910. The normalized spacial score (nSPS) is 16.8. The molecule has 0 saturated carbocycles. The molecule has 4 nitrogen and oxygen atoms in total. The third-order valence-electron chi connectivity index (χ3n) is 2.69. The maximum atomic E-state index is 11.9. The molecular formula is C12H15BrN2O2. The van der Waals surface area contributed by atoms with E-state index in [2.05, 4.69) is 26.1 Å². The smallest absolute Gasteiger partial charge is 0.253 e. The maximum absolute atomic E-state index is 11.9. The van der Waals surface area contributed by atoms with E-state index in [9.17, 15) is 4.79 Å². The topological polar surface area (TPSA) is 41.6 Å². The van der Waals surface area contributed by atoms with Crippen LogP contribution in [-0.2, 0) is 4.74 Å². The fraction of sp³-hybridized carbons (Fsp3) is 0.417. The Morgan fingerprint density at radius 2 is 2.06 bits per heavy atom. The summed E-state index contributed by atoms with van der Waals surface area (Å²) < 4.78 is 6.07. The van der Waals surface area contributed by atoms with Crippen LogP contribution in [0.15, 0.2) is 28.7 Å². The average Bonchev–Trinajstić information content (AvgIpc) is 2.38. The van der Waals surface area contributed by atoms with Gasteiger partial charge in [0.1, 0.15) is 0 Å². The van der Waals surface area contributed by atoms with E-state index in [4.69, 9.17) is 4.74 Å². The third-order valence-corrected chi connectivity index (χ3v) is 3.38. The summed E-state index contributed by atoms with van der Waals surface area (Å²) in [5.41, 5.74) is 0.667. The number of halogens is 1. The summed E-state index contributed by atoms with van der Waals surface area (Å²) in [5.74, 6) is -0.0519. The average molecular weight is 299 g/mol. The monoisotopic (exact) mass is 298 g/mol. The van der Waals surface area contributed by atoms with Crippen molar-refractivity contribution in [2.75, 3.05) is 33.0 Å². The van der Waals surface area contributed by atoms with Gasteiger partial charge in [0.15, 0.2) is 0 Å². The second-order valence-corrected chi connectivity index (χ2v) is 4.73. The first-order chi connectivity index (χ1) is 8.27. The number of hydrogen-bond donors (Lipinski definition) is 1. The van der Waals surface area contributed by atoms with E-state index < -0.39 is 0 Å². The first-order valence-corrected chi connectivity index (χ1v) is 6.39. The Morgan fingerprint density at radius 1 is 1.35 bits per heavy atom. The standard InChI is InChI=1S/C12H15BrN2O2/c13-11-4-2-1-3-10(11)12(16)14-9-15-5-7-17-8-6-15/h1-4H,5-9H2,(H,14,16). The number of benzene rings is 1. The lowest BCUT2D eigenvalue weighted by Crippen LogP contribution is -2.43. The predicted molar refractivity (Wildman–Crippen MR) is 68.9 cm³/mol. The quantitative estimate of drug-likeness (QED) is 0.919. The molecule has 92 valence electrons. The minimum atomic E-state index is -0.0519. The molecule has 0 unspecified atom stereocenters. The Kier molecular flexibility index (Phi) is 4.53. The van der Waals surface area contributed by atoms with E-state index in [1.807, 2.05) is 18.2 Å². The molecule has 0 aromatic heterocycles. The number of amides is 1. The summed E-state index contributed by atoms with van der Waals surface area (Å²) in [6.45, 7) is 3.80. The van der Waals surface area contributed by atoms with Crippen molar-refractivity contribution in [3.63, 3.8) is 0 Å². The second-order valence-electron chi connectivity index (χ2n) is 3.87. The SMILES string of the molecule is O=C(NCN1CCOCC1)c1ccccc1Br. The molecule has 17 heavy (non-hydrogen) atoms. The van der Waals surface area contributed by atoms with Gasteiger partial charge < -0.3 is 10.1 Å². The van der Waals surface area contributed by atoms with E-state index in [0.717, 1.165) is 30.8 Å². The maximum Gasteiger partial charge on any atom is 0.253 e. The fourth-order valence-corrected chi connectivity index (χ4v) is 2.15. The highest BCUT2D eigenvalue weighted by Crippen LogP contribution is 2.15. The highest BCUT2D eigenvalue weighted by atomic mass is 79.9. The van der Waals surface area contributed by atoms with E-state index in [0.29, 0.717) is 12.2 Å². The number of carbonyl (C=O) groups excluding carboxylic acids is 1. The van der Waals surface area contributed by atoms with Gasteiger partial charge in [0.2, 0.25) is 0 Å². The Balaban J connectivity index is 1.87. The van der Waals surface area contributed by atoms with Gasteiger partial charge in [-0.3, -0.25) is 9.69 Å². The molecule has 1 aromatic rings. The predicted octanol–water partition coefficient (Wildman–Crippen LogP) is 1.47. The van der Waals surface area contributed by atoms with E-state index in [1.165, 1.54) is 0 Å². The zero-order valence-electron chi connectivity index (χ0n) is 9.49. The number of rotatable bonds is 3. The minimum Gasteiger partial charge on any atom is -0.379 e. The first kappa shape index (κ1) is 12.5. The van der Waals surface area contributed by atoms with E-state index in [-0.39, 0.29) is 5.91 Å². The van der Waals surface area contributed by atoms with E-state index >= 15 is 0 Å². The zero-order chi connectivity index (χ0) is 12.1. The van der Waals surface area contributed by atoms with Crippen LogP contribution in [0.3, 0.4) is 0 Å². The van der Waals surface area contributed by atoms with Crippen LogP contribution in [0.1, 0.15) is 10.4 Å². The van der Waals surface area contributed by atoms with Crippen LogP contribution in [0.5, 0.6) is 0 Å². The molecule has 1 amide bonds. The lowest BCUT2D eigenvalue weighted by atomic mass is 10.2. The molecular weight excluding hydrogens is 284 g/mol. The molecule has 0 atom stereocenters. The largest absolute Gasteiger partial charge is 0.379 e. The summed E-state index contributed by atoms with van der Waals surface area (Å²) in [5, 5.41) is 2.91. The van der Waals surface area contributed by atoms with Crippen molar-refractivity contribution >= 4 is 21.8 Å². The van der Waals surface area contributed by atoms with Crippen molar-refractivity contribution < 1.29 is 9.53 Å². The molecule has 0 radical (unpaired) electrons. The summed E-state index contributed by atoms with van der Waals surface area (Å²) in [7, 11) is 0. The number of carbonyl (C=O) groups is 1. The zero-order valence-corrected chi connectivity index (χ0v) is 11.1. The molecule has 1 aromatic carbocycles. The van der Waals surface area contributed by atoms with Gasteiger partial charge in [0, 0.05) is 17.6 Å². The van der Waals surface area contributed by atoms with Crippen LogP contribution < -0.4 is 5.32 Å². The summed E-state index contributed by atoms with van der Waals surface area (Å²) in [6, 6.07) is 7.42. The first-order valence-electron chi connectivity index (χ1n) is 5.60. The van der Waals surface area contributed by atoms with Gasteiger partial charge in [-0.25, -0.2) is 0 Å². The number of hydrogen-bond acceptors (Lipinski definition) is 3. The van der Waals surface area contributed by atoms with Gasteiger partial charge in [-0.05, 0) is 28.1 Å². The highest BCUT2D eigenvalue weighted by molar-refractivity contribution is 9.10. The number of nitrogens with one attached hydrogen (secondary N) is 1. The van der Waals surface area contributed by atoms with Crippen molar-refractivity contribution in [2.45, 2.75) is 0 Å². The van der Waals surface area contributed by atoms with Crippen LogP contribution in [0.25, 0.3) is 0 Å². The summed E-state index contributed by atoms with van der Waals surface area (Å²) >= 11 is 3.37. The molecule has 1 aliphatic heterocycles. The molecule has 5 heteroatoms. The van der Waals surface area contributed by atoms with Gasteiger partial charge in [-0.15, -0.1) is 0 Å². The molecule has 0 bridgehead atoms. The summed E-state index contributed by atoms with van der Waals surface area (Å²) in [4.78, 5) is 14.1. The van der Waals surface area contributed by atoms with Crippen molar-refractivity contribution in [3.8, 4) is 0 Å². The molecule has 1 aliphatic rings. The Labute approximate surface area is 109 Å². The molecule has 0 spiro atoms. The highest BCUT2D eigenvalue weighted by Gasteiger charge is 2.13. The second kappa shape index (κ2) is 6.14. The van der Waals surface area contributed by atoms with Gasteiger partial charge in [0.25, 0.3) is 5.91 Å². The molecule has 2 rings (SSSR count). The molecule has 1 N–H and O–H groups in total. The van der Waals surface area contributed by atoms with E-state index in [1.54, 1.807) is 6.07 Å². The van der Waals surface area contributed by atoms with Gasteiger partial charge in [-0.2, -0.15) is 0 Å². The van der Waals surface area contributed by atoms with Gasteiger partial charge >= 0.3 is 0 Å². The third kappa shape index (κ3) is 3.52. The van der Waals surface area contributed by atoms with Crippen molar-refractivity contribution in [2.24, 2.45) is 0 Å². The van der Waals surface area contributed by atoms with Crippen LogP contribution in [0.2, 0.25) is 0 Å². The lowest BCUT2D eigenvalue weighted by Gasteiger charge is -2.26. The fourth-order valence-electron chi connectivity index (χ4n) is 1.68. The van der Waals surface area contributed by atoms with Crippen LogP contribution >= 0.6 is 15.9 Å². The van der Waals surface area contributed by atoms with Gasteiger partial charge in [-0.1, -0.05) is 12.1 Å². The number of morpholine rings is 1. The van der Waals surface area contributed by atoms with Crippen LogP contribution in [-0.4, -0.2) is 43.8 Å². The molecule has 1 heterocycles. The number of ether oxygens (including phenoxy) is 1. The molecule has 0 aliphatic carbocycles. The lowest BCUT2D eigenvalue weighted by molar-refractivity contribution is 0.0334. The Bertz CT molecular complexity index is 392. The van der Waals surface area contributed by atoms with Gasteiger partial charge in [0.05, 0.1) is 25.4 Å².